The molecule has 0 saturated heterocycles. The second-order valence-corrected chi connectivity index (χ2v) is 3.60. The number of hydrogen-bond donors (Lipinski definition) is 2. The lowest BCUT2D eigenvalue weighted by atomic mass is 10.1. The summed E-state index contributed by atoms with van der Waals surface area (Å²) in [4.78, 5) is 23.7. The standard InChI is InChI=1S/C10H14N4O2/c11-6-7-2-1-5-14(7)10(16)8(12)3-4-9(13)15/h1-2,7-8H,3-5,12H2,(H2,13,15)/t7?,8-/m0/s1. The van der Waals surface area contributed by atoms with Crippen molar-refractivity contribution in [2.24, 2.45) is 11.5 Å². The molecule has 4 N–H and O–H groups in total. The highest BCUT2D eigenvalue weighted by Gasteiger charge is 2.28. The molecule has 0 fully saturated rings. The normalized spacial score (nSPS) is 20.5. The Kier molecular flexibility index (Phi) is 4.03. The third-order valence-corrected chi connectivity index (χ3v) is 2.39. The molecule has 0 bridgehead atoms. The number of hydrogen-bond acceptors (Lipinski definition) is 4. The monoisotopic (exact) mass is 222 g/mol. The van der Waals surface area contributed by atoms with Gasteiger partial charge in [-0.3, -0.25) is 9.59 Å². The van der Waals surface area contributed by atoms with Crippen LogP contribution in [0.1, 0.15) is 12.8 Å². The van der Waals surface area contributed by atoms with Crippen molar-refractivity contribution in [3.63, 3.8) is 0 Å². The molecule has 0 spiro atoms. The quantitative estimate of drug-likeness (QED) is 0.586. The molecule has 6 nitrogen and oxygen atoms in total. The molecule has 1 aliphatic rings. The van der Waals surface area contributed by atoms with Gasteiger partial charge in [0.2, 0.25) is 11.8 Å². The van der Waals surface area contributed by atoms with E-state index in [0.717, 1.165) is 0 Å². The molecule has 2 amide bonds. The van der Waals surface area contributed by atoms with Crippen molar-refractivity contribution >= 4 is 11.8 Å². The largest absolute Gasteiger partial charge is 0.370 e. The number of nitrogens with zero attached hydrogens (tertiary/aromatic N) is 2. The summed E-state index contributed by atoms with van der Waals surface area (Å²) in [6, 6.07) is 0.662. The van der Waals surface area contributed by atoms with E-state index in [1.165, 1.54) is 4.90 Å². The lowest BCUT2D eigenvalue weighted by Crippen LogP contribution is -2.46. The van der Waals surface area contributed by atoms with Gasteiger partial charge in [-0.15, -0.1) is 0 Å². The zero-order valence-electron chi connectivity index (χ0n) is 8.80. The van der Waals surface area contributed by atoms with E-state index in [9.17, 15) is 9.59 Å². The Morgan fingerprint density at radius 1 is 1.62 bits per heavy atom. The van der Waals surface area contributed by atoms with Gasteiger partial charge in [-0.1, -0.05) is 6.08 Å². The summed E-state index contributed by atoms with van der Waals surface area (Å²) in [5.41, 5.74) is 10.6. The maximum Gasteiger partial charge on any atom is 0.241 e. The van der Waals surface area contributed by atoms with Gasteiger partial charge in [-0.25, -0.2) is 0 Å². The van der Waals surface area contributed by atoms with Gasteiger partial charge in [-0.2, -0.15) is 5.26 Å². The SMILES string of the molecule is N#CC1C=CCN1C(=O)[C@@H](N)CCC(N)=O. The third-order valence-electron chi connectivity index (χ3n) is 2.39. The van der Waals surface area contributed by atoms with Crippen LogP contribution in [0.5, 0.6) is 0 Å². The van der Waals surface area contributed by atoms with Gasteiger partial charge in [0.15, 0.2) is 0 Å². The van der Waals surface area contributed by atoms with Crippen molar-refractivity contribution < 1.29 is 9.59 Å². The first-order valence-corrected chi connectivity index (χ1v) is 4.97. The van der Waals surface area contributed by atoms with Crippen LogP contribution in [0.3, 0.4) is 0 Å². The first-order valence-electron chi connectivity index (χ1n) is 4.97. The van der Waals surface area contributed by atoms with Crippen LogP contribution in [0.2, 0.25) is 0 Å². The first-order chi connectivity index (χ1) is 7.56. The van der Waals surface area contributed by atoms with Gasteiger partial charge in [-0.05, 0) is 12.5 Å². The molecule has 0 aliphatic carbocycles. The number of rotatable bonds is 4. The fourth-order valence-electron chi connectivity index (χ4n) is 1.49. The molecule has 1 aliphatic heterocycles. The van der Waals surface area contributed by atoms with Gasteiger partial charge in [0.05, 0.1) is 12.1 Å². The average Bonchev–Trinajstić information content (AvgIpc) is 2.72. The van der Waals surface area contributed by atoms with Crippen molar-refractivity contribution in [3.8, 4) is 6.07 Å². The van der Waals surface area contributed by atoms with Crippen LogP contribution in [0.25, 0.3) is 0 Å². The molecule has 86 valence electrons. The fraction of sp³-hybridized carbons (Fsp3) is 0.500. The predicted octanol–water partition coefficient (Wildman–Crippen LogP) is -1.13. The minimum Gasteiger partial charge on any atom is -0.370 e. The zero-order valence-corrected chi connectivity index (χ0v) is 8.80. The summed E-state index contributed by atoms with van der Waals surface area (Å²) in [7, 11) is 0. The van der Waals surface area contributed by atoms with Crippen LogP contribution < -0.4 is 11.5 Å². The molecule has 6 heteroatoms. The van der Waals surface area contributed by atoms with Crippen LogP contribution in [0, 0.1) is 11.3 Å². The van der Waals surface area contributed by atoms with E-state index in [4.69, 9.17) is 16.7 Å². The molecule has 2 atom stereocenters. The summed E-state index contributed by atoms with van der Waals surface area (Å²) in [6.45, 7) is 0.390. The highest BCUT2D eigenvalue weighted by Crippen LogP contribution is 2.11. The Labute approximate surface area is 93.5 Å². The van der Waals surface area contributed by atoms with Crippen LogP contribution in [0.15, 0.2) is 12.2 Å². The number of primary amides is 1. The smallest absolute Gasteiger partial charge is 0.241 e. The Bertz CT molecular complexity index is 358. The van der Waals surface area contributed by atoms with Gasteiger partial charge in [0, 0.05) is 13.0 Å². The molecule has 1 heterocycles. The minimum absolute atomic E-state index is 0.0748. The Balaban J connectivity index is 2.51. The van der Waals surface area contributed by atoms with E-state index in [1.807, 2.05) is 6.07 Å². The molecule has 0 aromatic rings. The number of carbonyl (C=O) groups excluding carboxylic acids is 2. The maximum atomic E-state index is 11.8. The minimum atomic E-state index is -0.775. The van der Waals surface area contributed by atoms with Crippen LogP contribution in [-0.2, 0) is 9.59 Å². The summed E-state index contributed by atoms with van der Waals surface area (Å²) in [5, 5.41) is 8.78. The lowest BCUT2D eigenvalue weighted by molar-refractivity contribution is -0.132. The van der Waals surface area contributed by atoms with E-state index in [2.05, 4.69) is 0 Å². The Hall–Kier alpha value is -1.87. The Morgan fingerprint density at radius 3 is 2.88 bits per heavy atom. The molecule has 0 radical (unpaired) electrons. The van der Waals surface area contributed by atoms with E-state index >= 15 is 0 Å². The summed E-state index contributed by atoms with van der Waals surface area (Å²) < 4.78 is 0. The lowest BCUT2D eigenvalue weighted by Gasteiger charge is -2.23. The van der Waals surface area contributed by atoms with E-state index in [-0.39, 0.29) is 18.7 Å². The number of nitrogens with two attached hydrogens (primary N) is 2. The summed E-state index contributed by atoms with van der Waals surface area (Å²) in [6.07, 6.45) is 3.68. The molecule has 0 aromatic carbocycles. The van der Waals surface area contributed by atoms with Crippen molar-refractivity contribution in [2.75, 3.05) is 6.54 Å². The predicted molar refractivity (Wildman–Crippen MR) is 56.7 cm³/mol. The molecule has 1 rings (SSSR count). The second-order valence-electron chi connectivity index (χ2n) is 3.60. The molecule has 1 unspecified atom stereocenters. The molecule has 0 aromatic heterocycles. The highest BCUT2D eigenvalue weighted by molar-refractivity contribution is 5.84. The van der Waals surface area contributed by atoms with Gasteiger partial charge >= 0.3 is 0 Å². The van der Waals surface area contributed by atoms with Crippen molar-refractivity contribution in [3.05, 3.63) is 12.2 Å². The van der Waals surface area contributed by atoms with E-state index < -0.39 is 18.0 Å². The van der Waals surface area contributed by atoms with Gasteiger partial charge in [0.1, 0.15) is 6.04 Å². The van der Waals surface area contributed by atoms with Crippen molar-refractivity contribution in [1.82, 2.24) is 4.90 Å². The van der Waals surface area contributed by atoms with Crippen molar-refractivity contribution in [2.45, 2.75) is 24.9 Å². The van der Waals surface area contributed by atoms with Gasteiger partial charge < -0.3 is 16.4 Å². The molecular weight excluding hydrogens is 208 g/mol. The van der Waals surface area contributed by atoms with Crippen molar-refractivity contribution in [1.29, 1.82) is 5.26 Å². The number of nitriles is 1. The molecule has 16 heavy (non-hydrogen) atoms. The van der Waals surface area contributed by atoms with Gasteiger partial charge in [0.25, 0.3) is 0 Å². The third kappa shape index (κ3) is 2.81. The second kappa shape index (κ2) is 5.28. The maximum absolute atomic E-state index is 11.8. The molecule has 0 saturated carbocycles. The molecular formula is C10H14N4O2. The van der Waals surface area contributed by atoms with E-state index in [0.29, 0.717) is 6.54 Å². The number of carbonyl (C=O) groups is 2. The fourth-order valence-corrected chi connectivity index (χ4v) is 1.49. The summed E-state index contributed by atoms with van der Waals surface area (Å²) >= 11 is 0. The Morgan fingerprint density at radius 2 is 2.31 bits per heavy atom. The number of amides is 2. The topological polar surface area (TPSA) is 113 Å². The summed E-state index contributed by atoms with van der Waals surface area (Å²) in [5.74, 6) is -0.808. The van der Waals surface area contributed by atoms with E-state index in [1.54, 1.807) is 12.2 Å². The van der Waals surface area contributed by atoms with Crippen LogP contribution in [-0.4, -0.2) is 35.3 Å². The van der Waals surface area contributed by atoms with Crippen LogP contribution >= 0.6 is 0 Å². The highest BCUT2D eigenvalue weighted by atomic mass is 16.2. The first kappa shape index (κ1) is 12.2. The average molecular weight is 222 g/mol. The zero-order chi connectivity index (χ0) is 12.1. The van der Waals surface area contributed by atoms with Crippen LogP contribution in [0.4, 0.5) is 0 Å².